The van der Waals surface area contributed by atoms with E-state index in [4.69, 9.17) is 15.2 Å². The Hall–Kier alpha value is -0.690. The lowest BCUT2D eigenvalue weighted by Gasteiger charge is -2.25. The third-order valence-corrected chi connectivity index (χ3v) is 2.85. The average molecular weight is 290 g/mol. The maximum absolute atomic E-state index is 11.9. The van der Waals surface area contributed by atoms with E-state index in [0.29, 0.717) is 13.2 Å². The minimum atomic E-state index is -0.720. The zero-order chi connectivity index (χ0) is 15.7. The number of carbonyl (C=O) groups is 1. The molecule has 0 aliphatic rings. The third-order valence-electron chi connectivity index (χ3n) is 2.85. The van der Waals surface area contributed by atoms with Gasteiger partial charge in [-0.3, -0.25) is 4.79 Å². The molecule has 0 fully saturated rings. The summed E-state index contributed by atoms with van der Waals surface area (Å²) in [6, 6.07) is -0.535. The molecule has 6 nitrogen and oxygen atoms in total. The standard InChI is InChI=1S/C14H30N2O4/c1-10(2)13(15)14(18)16(5)8-12(17)9-19-6-7-20-11(3)4/h10-13,17H,6-9,15H2,1-5H3/t12?,13-/m0/s1. The highest BCUT2D eigenvalue weighted by atomic mass is 16.5. The van der Waals surface area contributed by atoms with Crippen LogP contribution in [0, 0.1) is 5.92 Å². The zero-order valence-corrected chi connectivity index (χ0v) is 13.3. The van der Waals surface area contributed by atoms with Crippen LogP contribution in [0.15, 0.2) is 0 Å². The molecule has 0 bridgehead atoms. The molecule has 120 valence electrons. The Kier molecular flexibility index (Phi) is 9.75. The Morgan fingerprint density at radius 2 is 1.85 bits per heavy atom. The second-order valence-electron chi connectivity index (χ2n) is 5.64. The summed E-state index contributed by atoms with van der Waals surface area (Å²) in [6.07, 6.45) is -0.549. The Morgan fingerprint density at radius 3 is 2.35 bits per heavy atom. The molecule has 6 heteroatoms. The summed E-state index contributed by atoms with van der Waals surface area (Å²) in [5, 5.41) is 9.80. The molecule has 20 heavy (non-hydrogen) atoms. The van der Waals surface area contributed by atoms with E-state index in [1.807, 2.05) is 27.7 Å². The van der Waals surface area contributed by atoms with Gasteiger partial charge in [-0.2, -0.15) is 0 Å². The number of aliphatic hydroxyl groups is 1. The highest BCUT2D eigenvalue weighted by molar-refractivity contribution is 5.81. The lowest BCUT2D eigenvalue weighted by atomic mass is 10.0. The fraction of sp³-hybridized carbons (Fsp3) is 0.929. The Labute approximate surface area is 122 Å². The van der Waals surface area contributed by atoms with Gasteiger partial charge in [-0.25, -0.2) is 0 Å². The number of hydrogen-bond acceptors (Lipinski definition) is 5. The van der Waals surface area contributed by atoms with Gasteiger partial charge in [-0.05, 0) is 19.8 Å². The summed E-state index contributed by atoms with van der Waals surface area (Å²) < 4.78 is 10.6. The number of hydrogen-bond donors (Lipinski definition) is 2. The summed E-state index contributed by atoms with van der Waals surface area (Å²) in [5.41, 5.74) is 5.78. The Morgan fingerprint density at radius 1 is 1.25 bits per heavy atom. The monoisotopic (exact) mass is 290 g/mol. The predicted molar refractivity (Wildman–Crippen MR) is 78.4 cm³/mol. The van der Waals surface area contributed by atoms with Crippen LogP contribution in [0.3, 0.4) is 0 Å². The van der Waals surface area contributed by atoms with E-state index in [1.165, 1.54) is 4.90 Å². The van der Waals surface area contributed by atoms with Crippen molar-refractivity contribution in [3.63, 3.8) is 0 Å². The van der Waals surface area contributed by atoms with Crippen molar-refractivity contribution in [2.24, 2.45) is 11.7 Å². The van der Waals surface area contributed by atoms with Crippen molar-refractivity contribution < 1.29 is 19.4 Å². The molecule has 0 heterocycles. The van der Waals surface area contributed by atoms with Gasteiger partial charge >= 0.3 is 0 Å². The summed E-state index contributed by atoms with van der Waals surface area (Å²) in [6.45, 7) is 9.01. The molecule has 2 atom stereocenters. The average Bonchev–Trinajstić information content (AvgIpc) is 2.35. The largest absolute Gasteiger partial charge is 0.389 e. The van der Waals surface area contributed by atoms with E-state index in [0.717, 1.165) is 0 Å². The topological polar surface area (TPSA) is 85.0 Å². The van der Waals surface area contributed by atoms with Gasteiger partial charge in [0, 0.05) is 13.6 Å². The van der Waals surface area contributed by atoms with Crippen molar-refractivity contribution in [1.29, 1.82) is 0 Å². The molecule has 0 aromatic carbocycles. The van der Waals surface area contributed by atoms with Crippen LogP contribution < -0.4 is 5.73 Å². The smallest absolute Gasteiger partial charge is 0.239 e. The maximum Gasteiger partial charge on any atom is 0.239 e. The number of carbonyl (C=O) groups excluding carboxylic acids is 1. The maximum atomic E-state index is 11.9. The Balaban J connectivity index is 3.84. The first-order valence-electron chi connectivity index (χ1n) is 7.13. The van der Waals surface area contributed by atoms with E-state index in [-0.39, 0.29) is 31.1 Å². The molecule has 0 aliphatic heterocycles. The number of amides is 1. The second kappa shape index (κ2) is 10.1. The van der Waals surface area contributed by atoms with Crippen molar-refractivity contribution >= 4 is 5.91 Å². The van der Waals surface area contributed by atoms with Crippen molar-refractivity contribution in [3.05, 3.63) is 0 Å². The van der Waals surface area contributed by atoms with Gasteiger partial charge in [-0.1, -0.05) is 13.8 Å². The fourth-order valence-electron chi connectivity index (χ4n) is 1.56. The van der Waals surface area contributed by atoms with Crippen molar-refractivity contribution in [3.8, 4) is 0 Å². The van der Waals surface area contributed by atoms with Gasteiger partial charge in [0.1, 0.15) is 0 Å². The van der Waals surface area contributed by atoms with Crippen LogP contribution in [0.5, 0.6) is 0 Å². The first-order valence-corrected chi connectivity index (χ1v) is 7.13. The lowest BCUT2D eigenvalue weighted by molar-refractivity contribution is -0.134. The molecule has 0 saturated heterocycles. The highest BCUT2D eigenvalue weighted by Gasteiger charge is 2.22. The second-order valence-corrected chi connectivity index (χ2v) is 5.64. The van der Waals surface area contributed by atoms with E-state index in [2.05, 4.69) is 0 Å². The summed E-state index contributed by atoms with van der Waals surface area (Å²) in [4.78, 5) is 13.3. The number of likely N-dealkylation sites (N-methyl/N-ethyl adjacent to an activating group) is 1. The summed E-state index contributed by atoms with van der Waals surface area (Å²) in [7, 11) is 1.63. The molecule has 1 unspecified atom stereocenters. The fourth-order valence-corrected chi connectivity index (χ4v) is 1.56. The summed E-state index contributed by atoms with van der Waals surface area (Å²) >= 11 is 0. The lowest BCUT2D eigenvalue weighted by Crippen LogP contribution is -2.47. The minimum Gasteiger partial charge on any atom is -0.389 e. The molecule has 3 N–H and O–H groups in total. The van der Waals surface area contributed by atoms with Gasteiger partial charge in [0.25, 0.3) is 0 Å². The molecular formula is C14H30N2O4. The molecule has 0 aliphatic carbocycles. The normalized spacial score (nSPS) is 14.7. The highest BCUT2D eigenvalue weighted by Crippen LogP contribution is 2.03. The number of ether oxygens (including phenoxy) is 2. The van der Waals surface area contributed by atoms with Gasteiger partial charge in [0.15, 0.2) is 0 Å². The number of nitrogens with zero attached hydrogens (tertiary/aromatic N) is 1. The quantitative estimate of drug-likeness (QED) is 0.563. The van der Waals surface area contributed by atoms with E-state index >= 15 is 0 Å². The van der Waals surface area contributed by atoms with Crippen LogP contribution in [0.2, 0.25) is 0 Å². The minimum absolute atomic E-state index is 0.0755. The predicted octanol–water partition coefficient (Wildman–Crippen LogP) is 0.231. The first kappa shape index (κ1) is 19.3. The molecular weight excluding hydrogens is 260 g/mol. The van der Waals surface area contributed by atoms with Crippen molar-refractivity contribution in [2.45, 2.75) is 45.9 Å². The van der Waals surface area contributed by atoms with Crippen molar-refractivity contribution in [1.82, 2.24) is 4.90 Å². The Bertz CT molecular complexity index is 272. The van der Waals surface area contributed by atoms with Crippen LogP contribution in [0.1, 0.15) is 27.7 Å². The first-order chi connectivity index (χ1) is 9.25. The van der Waals surface area contributed by atoms with E-state index in [1.54, 1.807) is 7.05 Å². The molecule has 1 amide bonds. The van der Waals surface area contributed by atoms with Crippen LogP contribution in [-0.4, -0.2) is 67.6 Å². The summed E-state index contributed by atoms with van der Waals surface area (Å²) in [5.74, 6) is -0.0892. The van der Waals surface area contributed by atoms with Gasteiger partial charge in [0.05, 0.1) is 38.1 Å². The van der Waals surface area contributed by atoms with Crippen LogP contribution in [-0.2, 0) is 14.3 Å². The molecule has 0 saturated carbocycles. The number of nitrogens with two attached hydrogens (primary N) is 1. The van der Waals surface area contributed by atoms with Crippen molar-refractivity contribution in [2.75, 3.05) is 33.4 Å². The zero-order valence-electron chi connectivity index (χ0n) is 13.3. The number of aliphatic hydroxyl groups excluding tert-OH is 1. The van der Waals surface area contributed by atoms with Crippen LogP contribution >= 0.6 is 0 Å². The number of rotatable bonds is 10. The SMILES string of the molecule is CC(C)OCCOCC(O)CN(C)C(=O)[C@@H](N)C(C)C. The van der Waals surface area contributed by atoms with Gasteiger partial charge in [-0.15, -0.1) is 0 Å². The molecule has 0 aromatic rings. The molecule has 0 radical (unpaired) electrons. The third kappa shape index (κ3) is 8.47. The van der Waals surface area contributed by atoms with Gasteiger partial charge < -0.3 is 25.2 Å². The van der Waals surface area contributed by atoms with Crippen LogP contribution in [0.25, 0.3) is 0 Å². The van der Waals surface area contributed by atoms with E-state index < -0.39 is 12.1 Å². The van der Waals surface area contributed by atoms with Gasteiger partial charge in [0.2, 0.25) is 5.91 Å². The van der Waals surface area contributed by atoms with E-state index in [9.17, 15) is 9.90 Å². The molecule has 0 spiro atoms. The molecule has 0 rings (SSSR count). The molecule has 0 aromatic heterocycles. The van der Waals surface area contributed by atoms with Crippen LogP contribution in [0.4, 0.5) is 0 Å².